The molecule has 4 heterocycles. The Morgan fingerprint density at radius 3 is 2.36 bits per heavy atom. The molecule has 0 saturated carbocycles. The zero-order chi connectivity index (χ0) is 34.3. The Hall–Kier alpha value is -2.76. The van der Waals surface area contributed by atoms with E-state index < -0.39 is 97.3 Å². The van der Waals surface area contributed by atoms with Crippen molar-refractivity contribution in [3.05, 3.63) is 60.8 Å². The molecule has 262 valence electrons. The quantitative estimate of drug-likeness (QED) is 0.157. The number of ether oxygens (including phenoxy) is 5. The highest BCUT2D eigenvalue weighted by atomic mass is 16.7. The van der Waals surface area contributed by atoms with E-state index in [0.29, 0.717) is 6.42 Å². The predicted molar refractivity (Wildman–Crippen MR) is 165 cm³/mol. The highest BCUT2D eigenvalue weighted by molar-refractivity contribution is 5.82. The van der Waals surface area contributed by atoms with Crippen molar-refractivity contribution in [2.24, 2.45) is 11.7 Å². The first kappa shape index (κ1) is 37.1. The molecule has 0 aromatic rings. The molecule has 14 heteroatoms. The summed E-state index contributed by atoms with van der Waals surface area (Å²) in [6.45, 7) is 3.34. The fourth-order valence-electron chi connectivity index (χ4n) is 6.00. The minimum absolute atomic E-state index is 0.0789. The number of carbonyl (C=O) groups is 2. The van der Waals surface area contributed by atoms with Gasteiger partial charge in [-0.1, -0.05) is 48.6 Å². The summed E-state index contributed by atoms with van der Waals surface area (Å²) in [6, 6.07) is -1.08. The number of allylic oxidation sites excluding steroid dienone is 6. The van der Waals surface area contributed by atoms with E-state index in [2.05, 4.69) is 0 Å². The number of esters is 1. The summed E-state index contributed by atoms with van der Waals surface area (Å²) in [7, 11) is 0. The largest absolute Gasteiger partial charge is 0.481 e. The molecule has 4 aliphatic rings. The van der Waals surface area contributed by atoms with Gasteiger partial charge in [0, 0.05) is 38.2 Å². The third-order valence-corrected chi connectivity index (χ3v) is 8.58. The lowest BCUT2D eigenvalue weighted by molar-refractivity contribution is -0.308. The van der Waals surface area contributed by atoms with E-state index in [1.165, 1.54) is 12.2 Å². The number of fused-ring (bicyclic) bond motifs is 3. The minimum Gasteiger partial charge on any atom is -0.481 e. The molecule has 4 aliphatic heterocycles. The predicted octanol–water partition coefficient (Wildman–Crippen LogP) is 0.120. The Morgan fingerprint density at radius 2 is 1.64 bits per heavy atom. The second kappa shape index (κ2) is 16.6. The number of nitrogens with two attached hydrogens (primary N) is 1. The number of carboxylic acid groups (broad SMARTS) is 1. The summed E-state index contributed by atoms with van der Waals surface area (Å²) in [5, 5.41) is 63.9. The molecular weight excluding hydrogens is 618 g/mol. The van der Waals surface area contributed by atoms with Crippen LogP contribution in [0.4, 0.5) is 0 Å². The van der Waals surface area contributed by atoms with Gasteiger partial charge in [-0.3, -0.25) is 4.79 Å². The lowest BCUT2D eigenvalue weighted by Crippen LogP contribution is -2.61. The number of epoxide rings is 1. The summed E-state index contributed by atoms with van der Waals surface area (Å²) >= 11 is 0. The number of carbonyl (C=O) groups excluding carboxylic acids is 1. The topological polar surface area (TPSA) is 231 Å². The monoisotopic (exact) mass is 665 g/mol. The Kier molecular flexibility index (Phi) is 13.1. The molecule has 0 aromatic heterocycles. The lowest BCUT2D eigenvalue weighted by atomic mass is 9.83. The number of cyclic esters (lactones) is 1. The second-order valence-corrected chi connectivity index (χ2v) is 12.6. The molecule has 0 amide bonds. The highest BCUT2D eigenvalue weighted by Crippen LogP contribution is 2.39. The number of rotatable bonds is 3. The summed E-state index contributed by atoms with van der Waals surface area (Å²) < 4.78 is 28.5. The van der Waals surface area contributed by atoms with Crippen molar-refractivity contribution in [2.75, 3.05) is 0 Å². The average molecular weight is 666 g/mol. The molecule has 8 N–H and O–H groups in total. The van der Waals surface area contributed by atoms with Gasteiger partial charge in [-0.05, 0) is 19.9 Å². The first-order valence-electron chi connectivity index (χ1n) is 15.9. The smallest absolute Gasteiger partial charge is 0.330 e. The van der Waals surface area contributed by atoms with Crippen LogP contribution in [-0.4, -0.2) is 122 Å². The van der Waals surface area contributed by atoms with Crippen LogP contribution in [-0.2, 0) is 33.3 Å². The van der Waals surface area contributed by atoms with Crippen LogP contribution in [0.2, 0.25) is 0 Å². The van der Waals surface area contributed by atoms with Gasteiger partial charge < -0.3 is 60.1 Å². The second-order valence-electron chi connectivity index (χ2n) is 12.6. The molecule has 14 atom stereocenters. The maximum atomic E-state index is 12.3. The summed E-state index contributed by atoms with van der Waals surface area (Å²) in [6.07, 6.45) is 5.25. The van der Waals surface area contributed by atoms with Gasteiger partial charge in [0.15, 0.2) is 12.1 Å². The van der Waals surface area contributed by atoms with Crippen molar-refractivity contribution >= 4 is 11.9 Å². The van der Waals surface area contributed by atoms with E-state index in [1.807, 2.05) is 6.08 Å². The molecule has 0 aliphatic carbocycles. The molecule has 0 unspecified atom stereocenters. The molecular formula is C33H47NO13. The van der Waals surface area contributed by atoms with Gasteiger partial charge in [0.05, 0.1) is 48.8 Å². The van der Waals surface area contributed by atoms with Crippen LogP contribution in [0.15, 0.2) is 60.8 Å². The van der Waals surface area contributed by atoms with Crippen LogP contribution < -0.4 is 5.73 Å². The van der Waals surface area contributed by atoms with Crippen LogP contribution in [0.3, 0.4) is 0 Å². The van der Waals surface area contributed by atoms with Crippen molar-refractivity contribution in [3.8, 4) is 0 Å². The Morgan fingerprint density at radius 1 is 0.936 bits per heavy atom. The van der Waals surface area contributed by atoms with Crippen LogP contribution in [0, 0.1) is 5.92 Å². The molecule has 0 radical (unpaired) electrons. The van der Waals surface area contributed by atoms with Crippen LogP contribution >= 0.6 is 0 Å². The van der Waals surface area contributed by atoms with E-state index >= 15 is 0 Å². The number of carboxylic acids is 1. The Balaban J connectivity index is 1.58. The van der Waals surface area contributed by atoms with Gasteiger partial charge in [0.2, 0.25) is 0 Å². The molecule has 0 spiro atoms. The van der Waals surface area contributed by atoms with E-state index in [4.69, 9.17) is 29.4 Å². The SMILES string of the molecule is C[C@@H]1C/C=C/C=C/C=C/C=C/[C@H](O[C@@H]2O[C@H](C)[C@@H](O)[C@H](N)[C@@H]2O)C[C@H]2O[C@@](O)(C[C@@H](O)C[C@@H]3O[C@@H]3/C=C\C(=O)O1)C[C@H](O)[C@H]2C(=O)O. The van der Waals surface area contributed by atoms with E-state index in [9.17, 15) is 40.2 Å². The van der Waals surface area contributed by atoms with Gasteiger partial charge in [-0.25, -0.2) is 4.79 Å². The zero-order valence-electron chi connectivity index (χ0n) is 26.4. The number of aliphatic hydroxyl groups is 5. The normalized spacial score (nSPS) is 47.2. The summed E-state index contributed by atoms with van der Waals surface area (Å²) in [5.41, 5.74) is 5.98. The fraction of sp³-hybridized carbons (Fsp3) is 0.636. The van der Waals surface area contributed by atoms with Crippen molar-refractivity contribution in [1.29, 1.82) is 0 Å². The van der Waals surface area contributed by atoms with Crippen molar-refractivity contribution in [3.63, 3.8) is 0 Å². The fourth-order valence-corrected chi connectivity index (χ4v) is 6.00. The van der Waals surface area contributed by atoms with Crippen LogP contribution in [0.25, 0.3) is 0 Å². The van der Waals surface area contributed by atoms with E-state index in [1.54, 1.807) is 56.4 Å². The number of aliphatic carboxylic acids is 1. The van der Waals surface area contributed by atoms with Gasteiger partial charge >= 0.3 is 11.9 Å². The third kappa shape index (κ3) is 10.6. The van der Waals surface area contributed by atoms with E-state index in [0.717, 1.165) is 0 Å². The Bertz CT molecular complexity index is 1220. The van der Waals surface area contributed by atoms with Crippen molar-refractivity contribution in [1.82, 2.24) is 0 Å². The maximum Gasteiger partial charge on any atom is 0.330 e. The van der Waals surface area contributed by atoms with Crippen LogP contribution in [0.5, 0.6) is 0 Å². The molecule has 4 rings (SSSR count). The molecule has 47 heavy (non-hydrogen) atoms. The molecule has 3 fully saturated rings. The maximum absolute atomic E-state index is 12.3. The first-order valence-corrected chi connectivity index (χ1v) is 15.9. The number of hydrogen-bond acceptors (Lipinski definition) is 13. The highest BCUT2D eigenvalue weighted by Gasteiger charge is 2.51. The zero-order valence-corrected chi connectivity index (χ0v) is 26.4. The van der Waals surface area contributed by atoms with Crippen molar-refractivity contribution in [2.45, 2.75) is 125 Å². The standard InChI is InChI=1S/C33H47NO13/c1-18-10-8-6-4-3-5-7-9-11-21(45-32-30(39)28(34)29(38)19(2)44-32)15-25-27(31(40)41)22(36)17-33(42,47-25)16-20(35)14-24-23(46-24)12-13-26(37)43-18/h3-9,11-13,18-25,27-30,32,35-36,38-39,42H,10,14-17,34H2,1-2H3,(H,40,41)/b4-3+,7-5+,8-6+,11-9+,13-12-/t18-,19-,20+,21+,22+,23-,24+,25-,27-,28+,29-,30+,32+,33+/m1/s1. The lowest BCUT2D eigenvalue weighted by Gasteiger charge is -2.45. The molecule has 14 nitrogen and oxygen atoms in total. The molecule has 3 saturated heterocycles. The number of aliphatic hydroxyl groups excluding tert-OH is 4. The van der Waals surface area contributed by atoms with Crippen molar-refractivity contribution < 1.29 is 63.9 Å². The average Bonchev–Trinajstić information content (AvgIpc) is 3.72. The van der Waals surface area contributed by atoms with Gasteiger partial charge in [-0.2, -0.15) is 0 Å². The van der Waals surface area contributed by atoms with Crippen LogP contribution in [0.1, 0.15) is 46.0 Å². The number of hydrogen-bond donors (Lipinski definition) is 7. The Labute approximate surface area is 273 Å². The molecule has 0 aromatic carbocycles. The summed E-state index contributed by atoms with van der Waals surface area (Å²) in [5.74, 6) is -5.45. The summed E-state index contributed by atoms with van der Waals surface area (Å²) in [4.78, 5) is 24.4. The van der Waals surface area contributed by atoms with Gasteiger partial charge in [0.25, 0.3) is 0 Å². The molecule has 2 bridgehead atoms. The third-order valence-electron chi connectivity index (χ3n) is 8.58. The van der Waals surface area contributed by atoms with Gasteiger partial charge in [-0.15, -0.1) is 0 Å². The van der Waals surface area contributed by atoms with E-state index in [-0.39, 0.29) is 25.4 Å². The van der Waals surface area contributed by atoms with Gasteiger partial charge in [0.1, 0.15) is 24.2 Å². The minimum atomic E-state index is -2.10. The first-order chi connectivity index (χ1) is 22.3.